The van der Waals surface area contributed by atoms with Gasteiger partial charge in [0.05, 0.1) is 22.8 Å². The Morgan fingerprint density at radius 1 is 1.41 bits per heavy atom. The molecule has 0 aliphatic carbocycles. The van der Waals surface area contributed by atoms with Crippen molar-refractivity contribution >= 4 is 31.7 Å². The molecule has 124 valence electrons. The van der Waals surface area contributed by atoms with Crippen molar-refractivity contribution in [3.63, 3.8) is 0 Å². The highest BCUT2D eigenvalue weighted by Gasteiger charge is 2.17. The molecule has 22 heavy (non-hydrogen) atoms. The van der Waals surface area contributed by atoms with Crippen LogP contribution in [-0.4, -0.2) is 45.0 Å². The summed E-state index contributed by atoms with van der Waals surface area (Å²) in [5.74, 6) is 0.196. The second-order valence-electron chi connectivity index (χ2n) is 5.13. The molecule has 0 radical (unpaired) electrons. The molecule has 8 heteroatoms. The number of rotatable bonds is 8. The van der Waals surface area contributed by atoms with Crippen LogP contribution in [0.5, 0.6) is 5.75 Å². The van der Waals surface area contributed by atoms with Crippen LogP contribution >= 0.6 is 15.9 Å². The van der Waals surface area contributed by atoms with E-state index in [9.17, 15) is 13.2 Å². The average molecular weight is 393 g/mol. The number of nitrogens with one attached hydrogen (secondary N) is 1. The molecule has 1 amide bonds. The van der Waals surface area contributed by atoms with Gasteiger partial charge in [0, 0.05) is 6.26 Å². The number of halogens is 1. The van der Waals surface area contributed by atoms with Crippen molar-refractivity contribution in [2.24, 2.45) is 5.73 Å². The van der Waals surface area contributed by atoms with Gasteiger partial charge in [0.15, 0.2) is 0 Å². The lowest BCUT2D eigenvalue weighted by atomic mass is 10.2. The van der Waals surface area contributed by atoms with Gasteiger partial charge in [-0.3, -0.25) is 4.79 Å². The average Bonchev–Trinajstić information content (AvgIpc) is 2.44. The third kappa shape index (κ3) is 7.24. The Labute approximate surface area is 139 Å². The van der Waals surface area contributed by atoms with Crippen LogP contribution in [0.4, 0.5) is 0 Å². The van der Waals surface area contributed by atoms with Crippen molar-refractivity contribution in [1.82, 2.24) is 5.32 Å². The normalized spacial score (nSPS) is 14.2. The van der Waals surface area contributed by atoms with E-state index in [1.165, 1.54) is 0 Å². The fraction of sp³-hybridized carbons (Fsp3) is 0.500. The van der Waals surface area contributed by atoms with Crippen molar-refractivity contribution in [1.29, 1.82) is 0 Å². The van der Waals surface area contributed by atoms with E-state index in [1.54, 1.807) is 0 Å². The monoisotopic (exact) mass is 392 g/mol. The van der Waals surface area contributed by atoms with Crippen LogP contribution in [0.15, 0.2) is 28.7 Å². The summed E-state index contributed by atoms with van der Waals surface area (Å²) in [5.41, 5.74) is 5.66. The number of sulfone groups is 1. The zero-order valence-corrected chi connectivity index (χ0v) is 15.0. The molecule has 0 fully saturated rings. The first-order valence-corrected chi connectivity index (χ1v) is 9.66. The third-order valence-corrected chi connectivity index (χ3v) is 4.50. The van der Waals surface area contributed by atoms with Crippen LogP contribution < -0.4 is 15.8 Å². The molecule has 0 saturated carbocycles. The molecule has 3 N–H and O–H groups in total. The van der Waals surface area contributed by atoms with Gasteiger partial charge in [0.2, 0.25) is 5.91 Å². The molecule has 2 atom stereocenters. The van der Waals surface area contributed by atoms with Crippen molar-refractivity contribution in [3.8, 4) is 5.75 Å². The summed E-state index contributed by atoms with van der Waals surface area (Å²) in [6.07, 6.45) is 0.972. The van der Waals surface area contributed by atoms with Crippen LogP contribution in [0.2, 0.25) is 0 Å². The Bertz CT molecular complexity index is 607. The fourth-order valence-corrected chi connectivity index (χ4v) is 2.71. The van der Waals surface area contributed by atoms with Crippen LogP contribution in [0.1, 0.15) is 13.3 Å². The summed E-state index contributed by atoms with van der Waals surface area (Å²) < 4.78 is 28.6. The minimum atomic E-state index is -3.12. The Morgan fingerprint density at radius 3 is 2.64 bits per heavy atom. The molecular formula is C14H21BrN2O4S. The number of carbonyl (C=O) groups is 1. The number of nitrogens with two attached hydrogens (primary N) is 1. The molecule has 1 aromatic rings. The largest absolute Gasteiger partial charge is 0.488 e. The molecular weight excluding hydrogens is 372 g/mol. The molecule has 0 aliphatic heterocycles. The molecule has 6 nitrogen and oxygen atoms in total. The maximum absolute atomic E-state index is 11.8. The van der Waals surface area contributed by atoms with Gasteiger partial charge in [0.1, 0.15) is 21.7 Å². The Kier molecular flexibility index (Phi) is 7.31. The highest BCUT2D eigenvalue weighted by molar-refractivity contribution is 9.10. The zero-order valence-electron chi connectivity index (χ0n) is 12.6. The molecule has 0 aliphatic rings. The summed E-state index contributed by atoms with van der Waals surface area (Å²) in [4.78, 5) is 11.8. The highest BCUT2D eigenvalue weighted by Crippen LogP contribution is 2.24. The smallest absolute Gasteiger partial charge is 0.237 e. The SMILES string of the molecule is CC(CNC(=O)C(N)CCS(C)(=O)=O)Oc1ccccc1Br. The number of ether oxygens (including phenoxy) is 1. The van der Waals surface area contributed by atoms with Crippen molar-refractivity contribution in [2.75, 3.05) is 18.6 Å². The summed E-state index contributed by atoms with van der Waals surface area (Å²) in [6.45, 7) is 2.11. The van der Waals surface area contributed by atoms with Gasteiger partial charge in [-0.25, -0.2) is 8.42 Å². The number of para-hydroxylation sites is 1. The van der Waals surface area contributed by atoms with E-state index in [0.717, 1.165) is 10.7 Å². The molecule has 2 unspecified atom stereocenters. The van der Waals surface area contributed by atoms with Gasteiger partial charge in [0.25, 0.3) is 0 Å². The van der Waals surface area contributed by atoms with Gasteiger partial charge in [-0.05, 0) is 41.4 Å². The van der Waals surface area contributed by atoms with Crippen molar-refractivity contribution in [3.05, 3.63) is 28.7 Å². The van der Waals surface area contributed by atoms with E-state index in [2.05, 4.69) is 21.2 Å². The molecule has 1 rings (SSSR count). The molecule has 0 heterocycles. The van der Waals surface area contributed by atoms with E-state index in [4.69, 9.17) is 10.5 Å². The maximum Gasteiger partial charge on any atom is 0.237 e. The van der Waals surface area contributed by atoms with E-state index < -0.39 is 15.9 Å². The van der Waals surface area contributed by atoms with Crippen molar-refractivity contribution < 1.29 is 17.9 Å². The van der Waals surface area contributed by atoms with Crippen LogP contribution in [0, 0.1) is 0 Å². The van der Waals surface area contributed by atoms with E-state index in [1.807, 2.05) is 31.2 Å². The minimum absolute atomic E-state index is 0.101. The summed E-state index contributed by atoms with van der Waals surface area (Å²) in [6, 6.07) is 6.57. The fourth-order valence-electron chi connectivity index (χ4n) is 1.65. The van der Waals surface area contributed by atoms with E-state index in [-0.39, 0.29) is 30.7 Å². The van der Waals surface area contributed by atoms with Crippen LogP contribution in [-0.2, 0) is 14.6 Å². The van der Waals surface area contributed by atoms with Gasteiger partial charge in [-0.15, -0.1) is 0 Å². The van der Waals surface area contributed by atoms with E-state index >= 15 is 0 Å². The van der Waals surface area contributed by atoms with Crippen molar-refractivity contribution in [2.45, 2.75) is 25.5 Å². The first kappa shape index (κ1) is 18.9. The predicted octanol–water partition coefficient (Wildman–Crippen LogP) is 1.09. The number of amides is 1. The van der Waals surface area contributed by atoms with E-state index in [0.29, 0.717) is 5.75 Å². The topological polar surface area (TPSA) is 98.5 Å². The maximum atomic E-state index is 11.8. The standard InChI is InChI=1S/C14H21BrN2O4S/c1-10(21-13-6-4-3-5-11(13)15)9-17-14(18)12(16)7-8-22(2,19)20/h3-6,10,12H,7-9,16H2,1-2H3,(H,17,18). The lowest BCUT2D eigenvalue weighted by Crippen LogP contribution is -2.44. The van der Waals surface area contributed by atoms with Gasteiger partial charge < -0.3 is 15.8 Å². The Balaban J connectivity index is 2.38. The predicted molar refractivity (Wildman–Crippen MR) is 89.5 cm³/mol. The minimum Gasteiger partial charge on any atom is -0.488 e. The molecule has 0 aromatic heterocycles. The quantitative estimate of drug-likeness (QED) is 0.689. The van der Waals surface area contributed by atoms with Gasteiger partial charge in [-0.1, -0.05) is 12.1 Å². The zero-order chi connectivity index (χ0) is 16.8. The second-order valence-corrected chi connectivity index (χ2v) is 8.24. The number of hydrogen-bond donors (Lipinski definition) is 2. The van der Waals surface area contributed by atoms with Gasteiger partial charge >= 0.3 is 0 Å². The highest BCUT2D eigenvalue weighted by atomic mass is 79.9. The molecule has 0 spiro atoms. The molecule has 0 saturated heterocycles. The molecule has 0 bridgehead atoms. The lowest BCUT2D eigenvalue weighted by molar-refractivity contribution is -0.122. The first-order chi connectivity index (χ1) is 10.2. The Morgan fingerprint density at radius 2 is 2.05 bits per heavy atom. The first-order valence-electron chi connectivity index (χ1n) is 6.81. The van der Waals surface area contributed by atoms with Gasteiger partial charge in [-0.2, -0.15) is 0 Å². The summed E-state index contributed by atoms with van der Waals surface area (Å²) >= 11 is 3.38. The Hall–Kier alpha value is -1.12. The third-order valence-electron chi connectivity index (χ3n) is 2.86. The van der Waals surface area contributed by atoms with Crippen LogP contribution in [0.3, 0.4) is 0 Å². The lowest BCUT2D eigenvalue weighted by Gasteiger charge is -2.18. The van der Waals surface area contributed by atoms with Crippen LogP contribution in [0.25, 0.3) is 0 Å². The summed E-state index contributed by atoms with van der Waals surface area (Å²) in [5, 5.41) is 2.66. The number of carbonyl (C=O) groups excluding carboxylic acids is 1. The second kappa shape index (κ2) is 8.50. The summed E-state index contributed by atoms with van der Waals surface area (Å²) in [7, 11) is -3.12. The molecule has 1 aromatic carbocycles. The number of benzene rings is 1. The number of hydrogen-bond acceptors (Lipinski definition) is 5.